The maximum Gasteiger partial charge on any atom is 0.287 e. The average Bonchev–Trinajstić information content (AvgIpc) is 2.63. The molecule has 0 aromatic carbocycles. The molecule has 104 valence electrons. The first-order valence-corrected chi connectivity index (χ1v) is 6.02. The minimum Gasteiger partial charge on any atom is -0.440 e. The number of nitrogens with two attached hydrogens (primary N) is 1. The van der Waals surface area contributed by atoms with Gasteiger partial charge in [-0.05, 0) is 43.0 Å². The lowest BCUT2D eigenvalue weighted by atomic mass is 9.90. The molecule has 4 nitrogen and oxygen atoms in total. The first kappa shape index (κ1) is 17.3. The van der Waals surface area contributed by atoms with E-state index in [1.807, 2.05) is 6.92 Å². The summed E-state index contributed by atoms with van der Waals surface area (Å²) in [6.07, 6.45) is 0.809. The first-order valence-electron chi connectivity index (χ1n) is 5.64. The monoisotopic (exact) mass is 294 g/mol. The van der Waals surface area contributed by atoms with Crippen molar-refractivity contribution < 1.29 is 9.21 Å². The second kappa shape index (κ2) is 7.02. The molecule has 3 N–H and O–H groups in total. The molecule has 1 atom stereocenters. The highest BCUT2D eigenvalue weighted by Crippen LogP contribution is 2.18. The standard InChI is InChI=1S/C12H19ClN2O2.ClH/c1-8(2)6-12(3,7-14)15-11(16)9-4-5-10(13)17-9;/h4-5,8H,6-7,14H2,1-3H3,(H,15,16);1H. The Morgan fingerprint density at radius 1 is 1.56 bits per heavy atom. The van der Waals surface area contributed by atoms with Crippen LogP contribution < -0.4 is 11.1 Å². The second-order valence-corrected chi connectivity index (χ2v) is 5.29. The molecule has 0 aliphatic carbocycles. The van der Waals surface area contributed by atoms with Gasteiger partial charge in [0, 0.05) is 6.54 Å². The van der Waals surface area contributed by atoms with E-state index in [1.165, 1.54) is 0 Å². The topological polar surface area (TPSA) is 68.3 Å². The summed E-state index contributed by atoms with van der Waals surface area (Å²) < 4.78 is 5.05. The van der Waals surface area contributed by atoms with Crippen LogP contribution in [-0.4, -0.2) is 18.0 Å². The highest BCUT2D eigenvalue weighted by atomic mass is 35.5. The van der Waals surface area contributed by atoms with Gasteiger partial charge in [-0.15, -0.1) is 12.4 Å². The van der Waals surface area contributed by atoms with Crippen LogP contribution in [0.1, 0.15) is 37.7 Å². The third-order valence-electron chi connectivity index (χ3n) is 2.52. The third kappa shape index (κ3) is 4.88. The van der Waals surface area contributed by atoms with Crippen LogP contribution in [0.2, 0.25) is 5.22 Å². The van der Waals surface area contributed by atoms with Crippen LogP contribution in [0.5, 0.6) is 0 Å². The molecule has 0 aliphatic rings. The number of halogens is 2. The van der Waals surface area contributed by atoms with Gasteiger partial charge in [0.05, 0.1) is 5.54 Å². The van der Waals surface area contributed by atoms with E-state index in [2.05, 4.69) is 19.2 Å². The van der Waals surface area contributed by atoms with Crippen molar-refractivity contribution in [1.82, 2.24) is 5.32 Å². The Bertz CT molecular complexity index is 393. The predicted octanol–water partition coefficient (Wildman–Crippen LogP) is 2.85. The van der Waals surface area contributed by atoms with Gasteiger partial charge in [-0.2, -0.15) is 0 Å². The minimum atomic E-state index is -0.426. The number of furan rings is 1. The van der Waals surface area contributed by atoms with Crippen molar-refractivity contribution in [1.29, 1.82) is 0 Å². The minimum absolute atomic E-state index is 0. The molecule has 0 fully saturated rings. The van der Waals surface area contributed by atoms with Crippen LogP contribution >= 0.6 is 24.0 Å². The van der Waals surface area contributed by atoms with Gasteiger partial charge in [-0.25, -0.2) is 0 Å². The van der Waals surface area contributed by atoms with Crippen molar-refractivity contribution in [2.75, 3.05) is 6.54 Å². The van der Waals surface area contributed by atoms with Gasteiger partial charge in [0.15, 0.2) is 11.0 Å². The Kier molecular flexibility index (Phi) is 6.74. The lowest BCUT2D eigenvalue weighted by molar-refractivity contribution is 0.0869. The van der Waals surface area contributed by atoms with E-state index >= 15 is 0 Å². The van der Waals surface area contributed by atoms with E-state index in [-0.39, 0.29) is 29.3 Å². The molecular weight excluding hydrogens is 275 g/mol. The molecule has 0 saturated heterocycles. The zero-order valence-corrected chi connectivity index (χ0v) is 12.4. The van der Waals surface area contributed by atoms with Gasteiger partial charge >= 0.3 is 0 Å². The maximum absolute atomic E-state index is 11.9. The molecule has 0 saturated carbocycles. The normalized spacial score (nSPS) is 13.9. The molecule has 1 rings (SSSR count). The summed E-state index contributed by atoms with van der Waals surface area (Å²) in [7, 11) is 0. The van der Waals surface area contributed by atoms with Crippen molar-refractivity contribution in [3.05, 3.63) is 23.1 Å². The smallest absolute Gasteiger partial charge is 0.287 e. The fourth-order valence-electron chi connectivity index (χ4n) is 1.86. The predicted molar refractivity (Wildman–Crippen MR) is 75.3 cm³/mol. The lowest BCUT2D eigenvalue weighted by Gasteiger charge is -2.30. The van der Waals surface area contributed by atoms with Crippen LogP contribution in [0.3, 0.4) is 0 Å². The molecule has 1 amide bonds. The highest BCUT2D eigenvalue weighted by molar-refractivity contribution is 6.29. The molecule has 1 aromatic rings. The molecule has 0 radical (unpaired) electrons. The van der Waals surface area contributed by atoms with Gasteiger partial charge in [0.1, 0.15) is 0 Å². The summed E-state index contributed by atoms with van der Waals surface area (Å²) in [5.41, 5.74) is 5.29. The van der Waals surface area contributed by atoms with Crippen molar-refractivity contribution >= 4 is 29.9 Å². The third-order valence-corrected chi connectivity index (χ3v) is 2.72. The lowest BCUT2D eigenvalue weighted by Crippen LogP contribution is -2.52. The molecular formula is C12H20Cl2N2O2. The van der Waals surface area contributed by atoms with Crippen molar-refractivity contribution in [2.45, 2.75) is 32.7 Å². The van der Waals surface area contributed by atoms with Crippen LogP contribution in [0.25, 0.3) is 0 Å². The van der Waals surface area contributed by atoms with E-state index in [0.29, 0.717) is 12.5 Å². The Morgan fingerprint density at radius 3 is 2.56 bits per heavy atom. The first-order chi connectivity index (χ1) is 7.86. The highest BCUT2D eigenvalue weighted by Gasteiger charge is 2.27. The Labute approximate surface area is 119 Å². The summed E-state index contributed by atoms with van der Waals surface area (Å²) in [5.74, 6) is 0.368. The van der Waals surface area contributed by atoms with Crippen LogP contribution in [0.15, 0.2) is 16.5 Å². The van der Waals surface area contributed by atoms with Crippen LogP contribution in [-0.2, 0) is 0 Å². The van der Waals surface area contributed by atoms with Crippen LogP contribution in [0.4, 0.5) is 0 Å². The quantitative estimate of drug-likeness (QED) is 0.877. The fraction of sp³-hybridized carbons (Fsp3) is 0.583. The molecule has 1 aromatic heterocycles. The maximum atomic E-state index is 11.9. The molecule has 18 heavy (non-hydrogen) atoms. The fourth-order valence-corrected chi connectivity index (χ4v) is 2.00. The van der Waals surface area contributed by atoms with E-state index < -0.39 is 5.54 Å². The zero-order chi connectivity index (χ0) is 13.1. The number of nitrogens with one attached hydrogen (secondary N) is 1. The van der Waals surface area contributed by atoms with Gasteiger partial charge in [0.25, 0.3) is 5.91 Å². The van der Waals surface area contributed by atoms with E-state index in [4.69, 9.17) is 21.8 Å². The molecule has 0 aliphatic heterocycles. The molecule has 0 bridgehead atoms. The SMILES string of the molecule is CC(C)CC(C)(CN)NC(=O)c1ccc(Cl)o1.Cl. The van der Waals surface area contributed by atoms with Gasteiger partial charge < -0.3 is 15.5 Å². The van der Waals surface area contributed by atoms with Crippen LogP contribution in [0, 0.1) is 5.92 Å². The summed E-state index contributed by atoms with van der Waals surface area (Å²) in [4.78, 5) is 11.9. The van der Waals surface area contributed by atoms with E-state index in [0.717, 1.165) is 6.42 Å². The zero-order valence-electron chi connectivity index (χ0n) is 10.8. The van der Waals surface area contributed by atoms with Crippen molar-refractivity contribution in [3.63, 3.8) is 0 Å². The number of carbonyl (C=O) groups is 1. The molecule has 6 heteroatoms. The van der Waals surface area contributed by atoms with E-state index in [1.54, 1.807) is 12.1 Å². The molecule has 1 unspecified atom stereocenters. The summed E-state index contributed by atoms with van der Waals surface area (Å²) >= 11 is 5.62. The van der Waals surface area contributed by atoms with E-state index in [9.17, 15) is 4.79 Å². The number of amides is 1. The Hall–Kier alpha value is -0.710. The Balaban J connectivity index is 0.00000289. The number of hydrogen-bond donors (Lipinski definition) is 2. The van der Waals surface area contributed by atoms with Gasteiger partial charge in [-0.1, -0.05) is 13.8 Å². The van der Waals surface area contributed by atoms with Crippen molar-refractivity contribution in [2.24, 2.45) is 11.7 Å². The number of hydrogen-bond acceptors (Lipinski definition) is 3. The molecule has 1 heterocycles. The molecule has 0 spiro atoms. The number of rotatable bonds is 5. The summed E-state index contributed by atoms with van der Waals surface area (Å²) in [6, 6.07) is 3.09. The Morgan fingerprint density at radius 2 is 2.17 bits per heavy atom. The van der Waals surface area contributed by atoms with Gasteiger partial charge in [0.2, 0.25) is 0 Å². The van der Waals surface area contributed by atoms with Crippen molar-refractivity contribution in [3.8, 4) is 0 Å². The number of carbonyl (C=O) groups excluding carboxylic acids is 1. The second-order valence-electron chi connectivity index (χ2n) is 4.92. The summed E-state index contributed by atoms with van der Waals surface area (Å²) in [6.45, 7) is 6.48. The summed E-state index contributed by atoms with van der Waals surface area (Å²) in [5, 5.41) is 3.09. The largest absolute Gasteiger partial charge is 0.440 e. The average molecular weight is 295 g/mol. The van der Waals surface area contributed by atoms with Gasteiger partial charge in [-0.3, -0.25) is 4.79 Å².